The predicted octanol–water partition coefficient (Wildman–Crippen LogP) is 10.6. The third-order valence-corrected chi connectivity index (χ3v) is 11.6. The van der Waals surface area contributed by atoms with E-state index in [0.29, 0.717) is 31.3 Å². The second-order valence-corrected chi connectivity index (χ2v) is 16.2. The third kappa shape index (κ3) is 10.8. The van der Waals surface area contributed by atoms with Crippen LogP contribution in [0.25, 0.3) is 6.08 Å². The van der Waals surface area contributed by atoms with Gasteiger partial charge in [0.15, 0.2) is 0 Å². The van der Waals surface area contributed by atoms with Crippen LogP contribution in [0.1, 0.15) is 151 Å². The standard InChI is InChI=1S/C47H67N3O4.C2H6/c1-9-37-38(10-2)44-24-34-23-31(6)41(32(7)39(34)14-11-16-51)27-45-40(15-12-17-52)33(8)46(50-45)28-48-42-25-36(20-29(3)4)47(54-19-13-18-53)26-35(42)21-30(5)22-43(37)49-44;1-2/h22,25-26,28-29,31,49-53H,9-21,23-24,27H2,1-8H3;1-2H3/b30-22+,48-28?;. The fourth-order valence-electron chi connectivity index (χ4n) is 8.94. The highest BCUT2D eigenvalue weighted by molar-refractivity contribution is 5.83. The smallest absolute Gasteiger partial charge is 0.122 e. The summed E-state index contributed by atoms with van der Waals surface area (Å²) in [6, 6.07) is 4.41. The van der Waals surface area contributed by atoms with Crippen molar-refractivity contribution in [2.24, 2.45) is 16.8 Å². The lowest BCUT2D eigenvalue weighted by atomic mass is 9.75. The normalized spacial score (nSPS) is 17.0. The number of ether oxygens (including phenoxy) is 1. The van der Waals surface area contributed by atoms with Crippen molar-refractivity contribution in [3.8, 4) is 5.75 Å². The maximum absolute atomic E-state index is 9.96. The van der Waals surface area contributed by atoms with E-state index in [1.54, 1.807) is 0 Å². The highest BCUT2D eigenvalue weighted by Gasteiger charge is 2.28. The number of H-pyrrole nitrogens is 2. The average molecular weight is 768 g/mol. The molecule has 1 unspecified atom stereocenters. The summed E-state index contributed by atoms with van der Waals surface area (Å²) in [6.07, 6.45) is 14.4. The van der Waals surface area contributed by atoms with E-state index in [9.17, 15) is 15.3 Å². The number of aromatic amines is 2. The Kier molecular flexibility index (Phi) is 17.5. The van der Waals surface area contributed by atoms with Gasteiger partial charge in [-0.15, -0.1) is 0 Å². The van der Waals surface area contributed by atoms with Crippen LogP contribution in [0.4, 0.5) is 5.69 Å². The third-order valence-electron chi connectivity index (χ3n) is 11.6. The molecule has 1 aromatic carbocycles. The quantitative estimate of drug-likeness (QED) is 0.105. The molecule has 2 aliphatic heterocycles. The van der Waals surface area contributed by atoms with Gasteiger partial charge in [0.25, 0.3) is 0 Å². The van der Waals surface area contributed by atoms with Crippen LogP contribution < -0.4 is 4.74 Å². The highest BCUT2D eigenvalue weighted by Crippen LogP contribution is 2.41. The van der Waals surface area contributed by atoms with Crippen LogP contribution >= 0.6 is 0 Å². The van der Waals surface area contributed by atoms with Gasteiger partial charge in [-0.05, 0) is 153 Å². The Hall–Kier alpha value is -3.65. The Balaban J connectivity index is 0.00000342. The fraction of sp³-hybridized carbons (Fsp3) is 0.571. The zero-order valence-electron chi connectivity index (χ0n) is 36.5. The molecule has 7 nitrogen and oxygen atoms in total. The molecule has 308 valence electrons. The van der Waals surface area contributed by atoms with E-state index in [1.165, 1.54) is 67.2 Å². The molecule has 1 aliphatic carbocycles. The van der Waals surface area contributed by atoms with Crippen molar-refractivity contribution in [2.75, 3.05) is 26.4 Å². The van der Waals surface area contributed by atoms with Crippen LogP contribution in [0, 0.1) is 18.8 Å². The van der Waals surface area contributed by atoms with Crippen LogP contribution in [0.15, 0.2) is 45.0 Å². The summed E-state index contributed by atoms with van der Waals surface area (Å²) < 4.78 is 6.33. The lowest BCUT2D eigenvalue weighted by Crippen LogP contribution is -2.17. The monoisotopic (exact) mass is 768 g/mol. The molecule has 0 saturated heterocycles. The number of benzene rings is 1. The van der Waals surface area contributed by atoms with Gasteiger partial charge in [-0.2, -0.15) is 0 Å². The number of aliphatic imine (C=N–C) groups is 1. The number of hydrogen-bond acceptors (Lipinski definition) is 5. The molecule has 0 amide bonds. The molecule has 7 heteroatoms. The van der Waals surface area contributed by atoms with Crippen molar-refractivity contribution < 1.29 is 20.1 Å². The molecular formula is C49H73N3O4. The Morgan fingerprint density at radius 1 is 0.821 bits per heavy atom. The molecule has 5 N–H and O–H groups in total. The lowest BCUT2D eigenvalue weighted by Gasteiger charge is -2.30. The lowest BCUT2D eigenvalue weighted by molar-refractivity contribution is 0.232. The van der Waals surface area contributed by atoms with E-state index in [4.69, 9.17) is 9.73 Å². The van der Waals surface area contributed by atoms with Gasteiger partial charge in [-0.25, -0.2) is 0 Å². The summed E-state index contributed by atoms with van der Waals surface area (Å²) >= 11 is 0. The Morgan fingerprint density at radius 3 is 2.14 bits per heavy atom. The zero-order valence-corrected chi connectivity index (χ0v) is 36.5. The van der Waals surface area contributed by atoms with Gasteiger partial charge < -0.3 is 30.0 Å². The zero-order chi connectivity index (χ0) is 40.9. The second kappa shape index (κ2) is 21.8. The van der Waals surface area contributed by atoms with Gasteiger partial charge in [0.05, 0.1) is 24.2 Å². The summed E-state index contributed by atoms with van der Waals surface area (Å²) in [5.74, 6) is 1.71. The van der Waals surface area contributed by atoms with Gasteiger partial charge in [0.2, 0.25) is 0 Å². The van der Waals surface area contributed by atoms with Crippen LogP contribution in [-0.4, -0.2) is 57.9 Å². The van der Waals surface area contributed by atoms with Crippen molar-refractivity contribution in [1.82, 2.24) is 9.97 Å². The Bertz CT molecular complexity index is 1880. The van der Waals surface area contributed by atoms with E-state index in [0.717, 1.165) is 92.5 Å². The number of aliphatic hydroxyl groups is 3. The molecule has 0 fully saturated rings. The minimum absolute atomic E-state index is 0.100. The van der Waals surface area contributed by atoms with Gasteiger partial charge in [-0.1, -0.05) is 65.2 Å². The fourth-order valence-corrected chi connectivity index (χ4v) is 8.94. The minimum Gasteiger partial charge on any atom is -0.493 e. The molecule has 2 aromatic heterocycles. The molecule has 4 heterocycles. The number of rotatable bonds is 14. The Morgan fingerprint density at radius 2 is 1.48 bits per heavy atom. The number of aromatic nitrogens is 2. The minimum atomic E-state index is 0.100. The number of nitrogens with zero attached hydrogens (tertiary/aromatic N) is 1. The molecule has 3 aromatic rings. The van der Waals surface area contributed by atoms with Crippen molar-refractivity contribution in [2.45, 2.75) is 146 Å². The van der Waals surface area contributed by atoms with Gasteiger partial charge in [-0.3, -0.25) is 4.99 Å². The first-order valence-corrected chi connectivity index (χ1v) is 21.7. The number of allylic oxidation sites excluding steroid dienone is 5. The SMILES string of the molecule is CC.CCc1c2[nH]c(c1CC)CC1=C(CCCO)C(C)=C(Cc3[nH]c(c(C)c3CCCO)C=Nc3cc(CC(C)C)c(OCCCO)cc3C/C(C)=C/2)C(C)C1. The van der Waals surface area contributed by atoms with Crippen LogP contribution in [0.5, 0.6) is 5.75 Å². The van der Waals surface area contributed by atoms with Gasteiger partial charge in [0.1, 0.15) is 5.75 Å². The first kappa shape index (κ1) is 45.1. The maximum Gasteiger partial charge on any atom is 0.122 e. The van der Waals surface area contributed by atoms with E-state index in [-0.39, 0.29) is 19.8 Å². The van der Waals surface area contributed by atoms with E-state index >= 15 is 0 Å². The van der Waals surface area contributed by atoms with E-state index in [1.807, 2.05) is 20.1 Å². The molecule has 0 spiro atoms. The maximum atomic E-state index is 9.96. The largest absolute Gasteiger partial charge is 0.493 e. The predicted molar refractivity (Wildman–Crippen MR) is 236 cm³/mol. The average Bonchev–Trinajstić information content (AvgIpc) is 3.66. The highest BCUT2D eigenvalue weighted by atomic mass is 16.5. The summed E-state index contributed by atoms with van der Waals surface area (Å²) in [5, 5.41) is 29.3. The van der Waals surface area contributed by atoms with Crippen molar-refractivity contribution >= 4 is 18.0 Å². The molecule has 0 saturated carbocycles. The number of aliphatic hydroxyl groups excluding tert-OH is 3. The van der Waals surface area contributed by atoms with E-state index in [2.05, 4.69) is 83.6 Å². The van der Waals surface area contributed by atoms with Gasteiger partial charge >= 0.3 is 0 Å². The molecule has 1 atom stereocenters. The molecule has 6 bridgehead atoms. The summed E-state index contributed by atoms with van der Waals surface area (Å²) in [7, 11) is 0. The van der Waals surface area contributed by atoms with Crippen LogP contribution in [0.3, 0.4) is 0 Å². The first-order chi connectivity index (χ1) is 27.0. The Labute approximate surface area is 338 Å². The first-order valence-electron chi connectivity index (χ1n) is 21.7. The second-order valence-electron chi connectivity index (χ2n) is 16.2. The molecule has 3 aliphatic rings. The summed E-state index contributed by atoms with van der Waals surface area (Å²) in [5.41, 5.74) is 20.3. The summed E-state index contributed by atoms with van der Waals surface area (Å²) in [6.45, 7) is 23.0. The molecule has 56 heavy (non-hydrogen) atoms. The van der Waals surface area contributed by atoms with Crippen molar-refractivity contribution in [1.29, 1.82) is 0 Å². The number of fused-ring (bicyclic) bond motifs is 3. The number of hydrogen-bond donors (Lipinski definition) is 5. The van der Waals surface area contributed by atoms with E-state index < -0.39 is 0 Å². The van der Waals surface area contributed by atoms with Crippen LogP contribution in [-0.2, 0) is 44.9 Å². The van der Waals surface area contributed by atoms with Crippen molar-refractivity contribution in [3.05, 3.63) is 96.2 Å². The summed E-state index contributed by atoms with van der Waals surface area (Å²) in [4.78, 5) is 13.0. The van der Waals surface area contributed by atoms with Gasteiger partial charge in [0, 0.05) is 56.2 Å². The molecule has 0 radical (unpaired) electrons. The number of nitrogens with one attached hydrogen (secondary N) is 2. The molecular weight excluding hydrogens is 695 g/mol. The van der Waals surface area contributed by atoms with Crippen LogP contribution in [0.2, 0.25) is 0 Å². The molecule has 6 rings (SSSR count). The van der Waals surface area contributed by atoms with Crippen molar-refractivity contribution in [3.63, 3.8) is 0 Å². The topological polar surface area (TPSA) is 114 Å².